The third kappa shape index (κ3) is 5.55. The van der Waals surface area contributed by atoms with Gasteiger partial charge in [-0.05, 0) is 43.0 Å². The zero-order chi connectivity index (χ0) is 18.2. The highest BCUT2D eigenvalue weighted by molar-refractivity contribution is 5.94. The van der Waals surface area contributed by atoms with Gasteiger partial charge in [0.15, 0.2) is 0 Å². The summed E-state index contributed by atoms with van der Waals surface area (Å²) in [5.74, 6) is -0.383. The van der Waals surface area contributed by atoms with Crippen LogP contribution in [0.5, 0.6) is 0 Å². The molecule has 5 heteroatoms. The maximum atomic E-state index is 12.9. The summed E-state index contributed by atoms with van der Waals surface area (Å²) >= 11 is 0. The molecule has 0 saturated heterocycles. The first kappa shape index (κ1) is 18.4. The molecule has 26 heavy (non-hydrogen) atoms. The highest BCUT2D eigenvalue weighted by atomic mass is 19.1. The molecule has 0 radical (unpaired) electrons. The zero-order valence-corrected chi connectivity index (χ0v) is 15.0. The van der Waals surface area contributed by atoms with Crippen molar-refractivity contribution < 1.29 is 9.18 Å². The summed E-state index contributed by atoms with van der Waals surface area (Å²) in [5.41, 5.74) is 2.46. The summed E-state index contributed by atoms with van der Waals surface area (Å²) in [4.78, 5) is 16.6. The second kappa shape index (κ2) is 9.32. The van der Waals surface area contributed by atoms with Gasteiger partial charge in [-0.3, -0.25) is 9.78 Å². The van der Waals surface area contributed by atoms with Gasteiger partial charge in [0.05, 0.1) is 11.3 Å². The number of nitrogens with zero attached hydrogens (tertiary/aromatic N) is 1. The van der Waals surface area contributed by atoms with Crippen LogP contribution in [0.1, 0.15) is 54.4 Å². The molecule has 3 rings (SSSR count). The van der Waals surface area contributed by atoms with Gasteiger partial charge >= 0.3 is 0 Å². The molecule has 0 bridgehead atoms. The maximum Gasteiger partial charge on any atom is 0.252 e. The number of halogens is 1. The van der Waals surface area contributed by atoms with Crippen LogP contribution < -0.4 is 10.6 Å². The van der Waals surface area contributed by atoms with E-state index < -0.39 is 0 Å². The molecule has 4 nitrogen and oxygen atoms in total. The lowest BCUT2D eigenvalue weighted by molar-refractivity contribution is 0.0954. The SMILES string of the molecule is O=C(NCCc1ccc(F)cc1)c1cncc(NC2CCCCCC2)c1. The Kier molecular flexibility index (Phi) is 6.58. The van der Waals surface area contributed by atoms with Gasteiger partial charge in [-0.2, -0.15) is 0 Å². The maximum absolute atomic E-state index is 12.9. The smallest absolute Gasteiger partial charge is 0.252 e. The standard InChI is InChI=1S/C21H26FN3O/c22-18-9-7-16(8-10-18)11-12-24-21(26)17-13-20(15-23-14-17)25-19-5-3-1-2-4-6-19/h7-10,13-15,19,25H,1-6,11-12H2,(H,24,26). The lowest BCUT2D eigenvalue weighted by Gasteiger charge is -2.17. The quantitative estimate of drug-likeness (QED) is 0.759. The molecular weight excluding hydrogens is 329 g/mol. The number of hydrogen-bond acceptors (Lipinski definition) is 3. The lowest BCUT2D eigenvalue weighted by Crippen LogP contribution is -2.26. The third-order valence-corrected chi connectivity index (χ3v) is 4.84. The fourth-order valence-electron chi connectivity index (χ4n) is 3.38. The van der Waals surface area contributed by atoms with Crippen LogP contribution in [0.4, 0.5) is 10.1 Å². The number of amides is 1. The molecule has 0 aliphatic heterocycles. The average Bonchev–Trinajstić information content (AvgIpc) is 2.92. The Labute approximate surface area is 154 Å². The van der Waals surface area contributed by atoms with E-state index in [0.29, 0.717) is 24.6 Å². The molecule has 1 aliphatic carbocycles. The van der Waals surface area contributed by atoms with Crippen LogP contribution in [-0.4, -0.2) is 23.5 Å². The van der Waals surface area contributed by atoms with Crippen molar-refractivity contribution in [1.29, 1.82) is 0 Å². The molecule has 1 saturated carbocycles. The minimum absolute atomic E-state index is 0.135. The second-order valence-corrected chi connectivity index (χ2v) is 6.93. The fraction of sp³-hybridized carbons (Fsp3) is 0.429. The van der Waals surface area contributed by atoms with Crippen LogP contribution in [0.2, 0.25) is 0 Å². The Bertz CT molecular complexity index is 709. The third-order valence-electron chi connectivity index (χ3n) is 4.84. The number of nitrogens with one attached hydrogen (secondary N) is 2. The van der Waals surface area contributed by atoms with E-state index in [4.69, 9.17) is 0 Å². The molecule has 0 atom stereocenters. The van der Waals surface area contributed by atoms with E-state index in [2.05, 4.69) is 15.6 Å². The fourth-order valence-corrected chi connectivity index (χ4v) is 3.38. The minimum Gasteiger partial charge on any atom is -0.381 e. The van der Waals surface area contributed by atoms with Gasteiger partial charge in [-0.15, -0.1) is 0 Å². The Morgan fingerprint density at radius 1 is 1.08 bits per heavy atom. The number of carbonyl (C=O) groups is 1. The van der Waals surface area contributed by atoms with Crippen LogP contribution >= 0.6 is 0 Å². The van der Waals surface area contributed by atoms with Crippen molar-refractivity contribution in [2.45, 2.75) is 51.0 Å². The summed E-state index contributed by atoms with van der Waals surface area (Å²) in [6.45, 7) is 0.505. The number of rotatable bonds is 6. The summed E-state index contributed by atoms with van der Waals surface area (Å²) in [5, 5.41) is 6.43. The van der Waals surface area contributed by atoms with Gasteiger partial charge in [0, 0.05) is 25.0 Å². The Hall–Kier alpha value is -2.43. The minimum atomic E-state index is -0.248. The molecule has 0 unspecified atom stereocenters. The summed E-state index contributed by atoms with van der Waals surface area (Å²) < 4.78 is 12.9. The second-order valence-electron chi connectivity index (χ2n) is 6.93. The van der Waals surface area contributed by atoms with Crippen LogP contribution in [0.15, 0.2) is 42.7 Å². The van der Waals surface area contributed by atoms with E-state index in [0.717, 1.165) is 11.3 Å². The monoisotopic (exact) mass is 355 g/mol. The zero-order valence-electron chi connectivity index (χ0n) is 15.0. The van der Waals surface area contributed by atoms with Crippen LogP contribution in [0.3, 0.4) is 0 Å². The van der Waals surface area contributed by atoms with E-state index in [1.54, 1.807) is 24.5 Å². The van der Waals surface area contributed by atoms with E-state index in [9.17, 15) is 9.18 Å². The van der Waals surface area contributed by atoms with Gasteiger partial charge in [0.25, 0.3) is 5.91 Å². The van der Waals surface area contributed by atoms with E-state index in [-0.39, 0.29) is 11.7 Å². The molecule has 138 valence electrons. The molecule has 1 heterocycles. The Morgan fingerprint density at radius 2 is 1.81 bits per heavy atom. The van der Waals surface area contributed by atoms with Crippen LogP contribution in [0, 0.1) is 5.82 Å². The predicted octanol–water partition coefficient (Wildman–Crippen LogP) is 4.33. The van der Waals surface area contributed by atoms with E-state index in [1.807, 2.05) is 6.07 Å². The Balaban J connectivity index is 1.51. The molecular formula is C21H26FN3O. The summed E-state index contributed by atoms with van der Waals surface area (Å²) in [6, 6.07) is 8.68. The van der Waals surface area contributed by atoms with Crippen molar-refractivity contribution in [2.24, 2.45) is 0 Å². The first-order valence-electron chi connectivity index (χ1n) is 9.45. The number of carbonyl (C=O) groups excluding carboxylic acids is 1. The molecule has 1 fully saturated rings. The molecule has 2 N–H and O–H groups in total. The normalized spacial score (nSPS) is 15.3. The average molecular weight is 355 g/mol. The van der Waals surface area contributed by atoms with Crippen molar-refractivity contribution >= 4 is 11.6 Å². The predicted molar refractivity (Wildman–Crippen MR) is 102 cm³/mol. The van der Waals surface area contributed by atoms with Gasteiger partial charge < -0.3 is 10.6 Å². The number of benzene rings is 1. The van der Waals surface area contributed by atoms with Crippen molar-refractivity contribution in [1.82, 2.24) is 10.3 Å². The van der Waals surface area contributed by atoms with Crippen molar-refractivity contribution in [3.05, 3.63) is 59.7 Å². The highest BCUT2D eigenvalue weighted by Crippen LogP contribution is 2.21. The van der Waals surface area contributed by atoms with Crippen LogP contribution in [-0.2, 0) is 6.42 Å². The van der Waals surface area contributed by atoms with Crippen LogP contribution in [0.25, 0.3) is 0 Å². The van der Waals surface area contributed by atoms with Gasteiger partial charge in [-0.25, -0.2) is 4.39 Å². The first-order chi connectivity index (χ1) is 12.7. The van der Waals surface area contributed by atoms with Gasteiger partial charge in [0.2, 0.25) is 0 Å². The number of pyridine rings is 1. The van der Waals surface area contributed by atoms with Gasteiger partial charge in [-0.1, -0.05) is 37.8 Å². The number of hydrogen-bond donors (Lipinski definition) is 2. The van der Waals surface area contributed by atoms with Crippen molar-refractivity contribution in [2.75, 3.05) is 11.9 Å². The topological polar surface area (TPSA) is 54.0 Å². The molecule has 0 spiro atoms. The van der Waals surface area contributed by atoms with Gasteiger partial charge in [0.1, 0.15) is 5.82 Å². The summed E-state index contributed by atoms with van der Waals surface area (Å²) in [7, 11) is 0. The molecule has 1 aliphatic rings. The van der Waals surface area contributed by atoms with E-state index in [1.165, 1.54) is 50.7 Å². The Morgan fingerprint density at radius 3 is 2.54 bits per heavy atom. The summed E-state index contributed by atoms with van der Waals surface area (Å²) in [6.07, 6.45) is 11.5. The number of anilines is 1. The van der Waals surface area contributed by atoms with E-state index >= 15 is 0 Å². The highest BCUT2D eigenvalue weighted by Gasteiger charge is 2.13. The lowest BCUT2D eigenvalue weighted by atomic mass is 10.1. The number of aromatic nitrogens is 1. The van der Waals surface area contributed by atoms with Crippen molar-refractivity contribution in [3.63, 3.8) is 0 Å². The first-order valence-corrected chi connectivity index (χ1v) is 9.45. The van der Waals surface area contributed by atoms with Crippen molar-refractivity contribution in [3.8, 4) is 0 Å². The molecule has 1 aromatic carbocycles. The molecule has 1 amide bonds. The molecule has 2 aromatic rings. The largest absolute Gasteiger partial charge is 0.381 e. The molecule has 1 aromatic heterocycles.